The molecule has 5 heteroatoms. The van der Waals surface area contributed by atoms with E-state index in [2.05, 4.69) is 32.3 Å². The Morgan fingerprint density at radius 1 is 1.00 bits per heavy atom. The van der Waals surface area contributed by atoms with E-state index in [4.69, 9.17) is 4.42 Å². The first-order valence-corrected chi connectivity index (χ1v) is 7.55. The SMILES string of the molecule is Brc1ccc(-c2ccc(CNCc3cccnc3)o2)cc1.Cl. The molecule has 0 amide bonds. The summed E-state index contributed by atoms with van der Waals surface area (Å²) in [5.74, 6) is 1.82. The first-order chi connectivity index (χ1) is 10.3. The lowest BCUT2D eigenvalue weighted by atomic mass is 10.2. The van der Waals surface area contributed by atoms with E-state index in [1.807, 2.05) is 48.7 Å². The van der Waals surface area contributed by atoms with Gasteiger partial charge in [0.25, 0.3) is 0 Å². The van der Waals surface area contributed by atoms with Gasteiger partial charge < -0.3 is 9.73 Å². The van der Waals surface area contributed by atoms with Crippen molar-refractivity contribution in [3.8, 4) is 11.3 Å². The van der Waals surface area contributed by atoms with Crippen LogP contribution in [0.25, 0.3) is 11.3 Å². The quantitative estimate of drug-likeness (QED) is 0.691. The number of benzene rings is 1. The van der Waals surface area contributed by atoms with Gasteiger partial charge in [-0.2, -0.15) is 0 Å². The molecule has 0 atom stereocenters. The van der Waals surface area contributed by atoms with Crippen LogP contribution in [-0.2, 0) is 13.1 Å². The molecule has 3 rings (SSSR count). The van der Waals surface area contributed by atoms with Crippen molar-refractivity contribution in [1.29, 1.82) is 0 Å². The van der Waals surface area contributed by atoms with Gasteiger partial charge in [0.15, 0.2) is 0 Å². The number of rotatable bonds is 5. The van der Waals surface area contributed by atoms with Crippen LogP contribution in [-0.4, -0.2) is 4.98 Å². The summed E-state index contributed by atoms with van der Waals surface area (Å²) in [4.78, 5) is 4.09. The summed E-state index contributed by atoms with van der Waals surface area (Å²) in [6.07, 6.45) is 3.64. The number of nitrogens with zero attached hydrogens (tertiary/aromatic N) is 1. The summed E-state index contributed by atoms with van der Waals surface area (Å²) in [5, 5.41) is 3.35. The summed E-state index contributed by atoms with van der Waals surface area (Å²) < 4.78 is 6.92. The van der Waals surface area contributed by atoms with Crippen molar-refractivity contribution < 1.29 is 4.42 Å². The maximum atomic E-state index is 5.85. The second-order valence-electron chi connectivity index (χ2n) is 4.74. The van der Waals surface area contributed by atoms with E-state index in [1.54, 1.807) is 6.20 Å². The zero-order valence-electron chi connectivity index (χ0n) is 11.8. The summed E-state index contributed by atoms with van der Waals surface area (Å²) in [6, 6.07) is 16.1. The van der Waals surface area contributed by atoms with Crippen LogP contribution >= 0.6 is 28.3 Å². The van der Waals surface area contributed by atoms with Crippen molar-refractivity contribution in [2.75, 3.05) is 0 Å². The fraction of sp³-hybridized carbons (Fsp3) is 0.118. The molecule has 3 nitrogen and oxygen atoms in total. The van der Waals surface area contributed by atoms with Crippen LogP contribution < -0.4 is 5.32 Å². The van der Waals surface area contributed by atoms with Crippen LogP contribution in [0.1, 0.15) is 11.3 Å². The van der Waals surface area contributed by atoms with Crippen LogP contribution in [0.3, 0.4) is 0 Å². The highest BCUT2D eigenvalue weighted by atomic mass is 79.9. The molecule has 0 aliphatic rings. The highest BCUT2D eigenvalue weighted by Gasteiger charge is 2.04. The first-order valence-electron chi connectivity index (χ1n) is 6.75. The third-order valence-corrected chi connectivity index (χ3v) is 3.67. The molecule has 114 valence electrons. The summed E-state index contributed by atoms with van der Waals surface area (Å²) in [6.45, 7) is 1.48. The van der Waals surface area contributed by atoms with E-state index in [9.17, 15) is 0 Å². The van der Waals surface area contributed by atoms with Gasteiger partial charge in [0.1, 0.15) is 11.5 Å². The maximum Gasteiger partial charge on any atom is 0.134 e. The van der Waals surface area contributed by atoms with E-state index >= 15 is 0 Å². The lowest BCUT2D eigenvalue weighted by Gasteiger charge is -2.02. The summed E-state index contributed by atoms with van der Waals surface area (Å²) in [5.41, 5.74) is 2.24. The van der Waals surface area contributed by atoms with Gasteiger partial charge in [0.2, 0.25) is 0 Å². The minimum Gasteiger partial charge on any atom is -0.460 e. The average molecular weight is 380 g/mol. The minimum atomic E-state index is 0. The van der Waals surface area contributed by atoms with Gasteiger partial charge in [-0.1, -0.05) is 34.1 Å². The monoisotopic (exact) mass is 378 g/mol. The van der Waals surface area contributed by atoms with Crippen molar-refractivity contribution in [3.05, 3.63) is 76.7 Å². The van der Waals surface area contributed by atoms with Crippen LogP contribution in [0.4, 0.5) is 0 Å². The Labute approximate surface area is 144 Å². The predicted octanol–water partition coefficient (Wildman–Crippen LogP) is 4.82. The molecule has 0 saturated heterocycles. The van der Waals surface area contributed by atoms with E-state index in [-0.39, 0.29) is 12.4 Å². The maximum absolute atomic E-state index is 5.85. The highest BCUT2D eigenvalue weighted by molar-refractivity contribution is 9.10. The molecule has 0 radical (unpaired) electrons. The van der Waals surface area contributed by atoms with Crippen LogP contribution in [0.15, 0.2) is 69.8 Å². The molecular formula is C17H16BrClN2O. The number of halogens is 2. The molecule has 1 N–H and O–H groups in total. The zero-order chi connectivity index (χ0) is 14.5. The molecule has 2 heterocycles. The third kappa shape index (κ3) is 4.44. The standard InChI is InChI=1S/C17H15BrN2O.ClH/c18-15-5-3-14(4-6-15)17-8-7-16(21-17)12-20-11-13-2-1-9-19-10-13;/h1-10,20H,11-12H2;1H. The van der Waals surface area contributed by atoms with Crippen molar-refractivity contribution in [2.24, 2.45) is 0 Å². The normalized spacial score (nSPS) is 10.2. The molecule has 22 heavy (non-hydrogen) atoms. The largest absolute Gasteiger partial charge is 0.460 e. The Morgan fingerprint density at radius 3 is 2.55 bits per heavy atom. The van der Waals surface area contributed by atoms with Gasteiger partial charge in [0, 0.05) is 29.0 Å². The number of hydrogen-bond donors (Lipinski definition) is 1. The molecule has 0 aliphatic heterocycles. The number of nitrogens with one attached hydrogen (secondary N) is 1. The number of hydrogen-bond acceptors (Lipinski definition) is 3. The summed E-state index contributed by atoms with van der Waals surface area (Å²) in [7, 11) is 0. The lowest BCUT2D eigenvalue weighted by Crippen LogP contribution is -2.12. The van der Waals surface area contributed by atoms with E-state index in [0.29, 0.717) is 6.54 Å². The van der Waals surface area contributed by atoms with Crippen molar-refractivity contribution in [1.82, 2.24) is 10.3 Å². The smallest absolute Gasteiger partial charge is 0.134 e. The second-order valence-corrected chi connectivity index (χ2v) is 5.65. The Hall–Kier alpha value is -1.62. The molecule has 1 aromatic carbocycles. The van der Waals surface area contributed by atoms with Crippen LogP contribution in [0, 0.1) is 0 Å². The van der Waals surface area contributed by atoms with Gasteiger partial charge in [-0.3, -0.25) is 4.98 Å². The van der Waals surface area contributed by atoms with Crippen LogP contribution in [0.2, 0.25) is 0 Å². The molecular weight excluding hydrogens is 364 g/mol. The first kappa shape index (κ1) is 16.7. The van der Waals surface area contributed by atoms with Gasteiger partial charge in [-0.15, -0.1) is 12.4 Å². The van der Waals surface area contributed by atoms with E-state index in [1.165, 1.54) is 0 Å². The fourth-order valence-corrected chi connectivity index (χ4v) is 2.34. The molecule has 0 fully saturated rings. The Kier molecular flexibility index (Phi) is 6.19. The average Bonchev–Trinajstić information content (AvgIpc) is 2.98. The number of pyridine rings is 1. The van der Waals surface area contributed by atoms with E-state index in [0.717, 1.165) is 33.7 Å². The number of furan rings is 1. The molecule has 0 unspecified atom stereocenters. The van der Waals surface area contributed by atoms with Gasteiger partial charge in [0.05, 0.1) is 6.54 Å². The second kappa shape index (κ2) is 8.13. The fourth-order valence-electron chi connectivity index (χ4n) is 2.07. The zero-order valence-corrected chi connectivity index (χ0v) is 14.2. The minimum absolute atomic E-state index is 0. The molecule has 0 aliphatic carbocycles. The molecule has 0 bridgehead atoms. The lowest BCUT2D eigenvalue weighted by molar-refractivity contribution is 0.493. The molecule has 2 aromatic heterocycles. The molecule has 0 saturated carbocycles. The van der Waals surface area contributed by atoms with Gasteiger partial charge >= 0.3 is 0 Å². The highest BCUT2D eigenvalue weighted by Crippen LogP contribution is 2.23. The Balaban J connectivity index is 0.00000176. The van der Waals surface area contributed by atoms with Crippen LogP contribution in [0.5, 0.6) is 0 Å². The van der Waals surface area contributed by atoms with Gasteiger partial charge in [-0.05, 0) is 35.9 Å². The Morgan fingerprint density at radius 2 is 1.82 bits per heavy atom. The summed E-state index contributed by atoms with van der Waals surface area (Å²) >= 11 is 3.43. The Bertz CT molecular complexity index is 698. The van der Waals surface area contributed by atoms with Crippen molar-refractivity contribution >= 4 is 28.3 Å². The van der Waals surface area contributed by atoms with Crippen molar-refractivity contribution in [3.63, 3.8) is 0 Å². The molecule has 3 aromatic rings. The van der Waals surface area contributed by atoms with E-state index < -0.39 is 0 Å². The third-order valence-electron chi connectivity index (χ3n) is 3.14. The molecule has 0 spiro atoms. The predicted molar refractivity (Wildman–Crippen MR) is 93.9 cm³/mol. The number of aromatic nitrogens is 1. The topological polar surface area (TPSA) is 38.1 Å². The van der Waals surface area contributed by atoms with Crippen molar-refractivity contribution in [2.45, 2.75) is 13.1 Å². The van der Waals surface area contributed by atoms with Gasteiger partial charge in [-0.25, -0.2) is 0 Å².